The van der Waals surface area contributed by atoms with E-state index >= 15 is 0 Å². The van der Waals surface area contributed by atoms with Gasteiger partial charge in [-0.2, -0.15) is 4.31 Å². The highest BCUT2D eigenvalue weighted by Crippen LogP contribution is 2.26. The lowest BCUT2D eigenvalue weighted by atomic mass is 10.2. The molecule has 1 aliphatic heterocycles. The summed E-state index contributed by atoms with van der Waals surface area (Å²) >= 11 is 3.09. The lowest BCUT2D eigenvalue weighted by Gasteiger charge is -2.25. The average molecular weight is 381 g/mol. The minimum Gasteiger partial charge on any atom is -0.395 e. The maximum absolute atomic E-state index is 13.1. The Morgan fingerprint density at radius 3 is 2.81 bits per heavy atom. The Hall–Kier alpha value is -0.540. The zero-order valence-electron chi connectivity index (χ0n) is 11.4. The van der Waals surface area contributed by atoms with Crippen LogP contribution in [0.1, 0.15) is 12.8 Å². The molecule has 21 heavy (non-hydrogen) atoms. The van der Waals surface area contributed by atoms with Crippen LogP contribution in [-0.2, 0) is 10.0 Å². The van der Waals surface area contributed by atoms with Gasteiger partial charge < -0.3 is 10.4 Å². The average Bonchev–Trinajstić information content (AvgIpc) is 2.90. The number of nitrogens with one attached hydrogen (secondary N) is 1. The summed E-state index contributed by atoms with van der Waals surface area (Å²) in [4.78, 5) is 0.00958. The standard InChI is InChI=1S/C13H18BrFN2O3S/c14-12-8-10(15)3-4-13(12)21(19,20)17(6-7-18)9-11-2-1-5-16-11/h3-4,8,11,16,18H,1-2,5-7,9H2. The van der Waals surface area contributed by atoms with Crippen molar-refractivity contribution in [2.24, 2.45) is 0 Å². The number of hydrogen-bond donors (Lipinski definition) is 2. The maximum atomic E-state index is 13.1. The van der Waals surface area contributed by atoms with Gasteiger partial charge in [-0.25, -0.2) is 12.8 Å². The van der Waals surface area contributed by atoms with E-state index in [1.165, 1.54) is 10.4 Å². The van der Waals surface area contributed by atoms with Gasteiger partial charge in [-0.15, -0.1) is 0 Å². The molecule has 0 amide bonds. The van der Waals surface area contributed by atoms with E-state index in [1.54, 1.807) is 0 Å². The van der Waals surface area contributed by atoms with E-state index in [9.17, 15) is 12.8 Å². The van der Waals surface area contributed by atoms with Gasteiger partial charge in [-0.05, 0) is 53.5 Å². The summed E-state index contributed by atoms with van der Waals surface area (Å²) in [7, 11) is -3.78. The molecular weight excluding hydrogens is 363 g/mol. The first-order valence-electron chi connectivity index (χ1n) is 6.74. The van der Waals surface area contributed by atoms with Crippen molar-refractivity contribution in [1.82, 2.24) is 9.62 Å². The van der Waals surface area contributed by atoms with Crippen molar-refractivity contribution in [2.45, 2.75) is 23.8 Å². The molecule has 0 bridgehead atoms. The summed E-state index contributed by atoms with van der Waals surface area (Å²) in [5, 5.41) is 12.4. The third-order valence-corrected chi connectivity index (χ3v) is 6.29. The number of hydrogen-bond acceptors (Lipinski definition) is 4. The van der Waals surface area contributed by atoms with Crippen molar-refractivity contribution in [3.05, 3.63) is 28.5 Å². The fraction of sp³-hybridized carbons (Fsp3) is 0.538. The van der Waals surface area contributed by atoms with E-state index < -0.39 is 15.8 Å². The Balaban J connectivity index is 2.27. The molecule has 1 heterocycles. The van der Waals surface area contributed by atoms with E-state index in [4.69, 9.17) is 5.11 Å². The molecule has 0 spiro atoms. The van der Waals surface area contributed by atoms with Crippen LogP contribution in [0.15, 0.2) is 27.6 Å². The number of aliphatic hydroxyl groups is 1. The van der Waals surface area contributed by atoms with E-state index in [0.717, 1.165) is 31.5 Å². The van der Waals surface area contributed by atoms with Crippen LogP contribution in [0.5, 0.6) is 0 Å². The molecule has 1 atom stereocenters. The monoisotopic (exact) mass is 380 g/mol. The molecule has 8 heteroatoms. The quantitative estimate of drug-likeness (QED) is 0.780. The predicted molar refractivity (Wildman–Crippen MR) is 81.0 cm³/mol. The summed E-state index contributed by atoms with van der Waals surface area (Å²) in [5.74, 6) is -0.507. The van der Waals surface area contributed by atoms with Crippen LogP contribution in [0.2, 0.25) is 0 Å². The van der Waals surface area contributed by atoms with Crippen molar-refractivity contribution in [3.63, 3.8) is 0 Å². The molecule has 2 rings (SSSR count). The minimum absolute atomic E-state index is 0.00958. The molecule has 2 N–H and O–H groups in total. The number of sulfonamides is 1. The molecule has 1 aromatic rings. The van der Waals surface area contributed by atoms with Gasteiger partial charge in [0.05, 0.1) is 11.5 Å². The van der Waals surface area contributed by atoms with Gasteiger partial charge in [0.25, 0.3) is 0 Å². The molecule has 0 saturated carbocycles. The largest absolute Gasteiger partial charge is 0.395 e. The first kappa shape index (κ1) is 16.8. The number of benzene rings is 1. The Labute approximate surface area is 132 Å². The molecule has 5 nitrogen and oxygen atoms in total. The zero-order valence-corrected chi connectivity index (χ0v) is 13.8. The fourth-order valence-corrected chi connectivity index (χ4v) is 4.89. The first-order chi connectivity index (χ1) is 9.95. The molecule has 1 aromatic carbocycles. The van der Waals surface area contributed by atoms with Crippen molar-refractivity contribution in [3.8, 4) is 0 Å². The second-order valence-corrected chi connectivity index (χ2v) is 7.72. The van der Waals surface area contributed by atoms with Crippen LogP contribution in [0.25, 0.3) is 0 Å². The SMILES string of the molecule is O=S(=O)(c1ccc(F)cc1Br)N(CCO)CC1CCCN1. The number of halogens is 2. The van der Waals surface area contributed by atoms with Gasteiger partial charge in [0.2, 0.25) is 10.0 Å². The van der Waals surface area contributed by atoms with Gasteiger partial charge in [-0.3, -0.25) is 0 Å². The highest BCUT2D eigenvalue weighted by molar-refractivity contribution is 9.10. The van der Waals surface area contributed by atoms with Gasteiger partial charge in [0, 0.05) is 23.6 Å². The van der Waals surface area contributed by atoms with Crippen LogP contribution in [0.3, 0.4) is 0 Å². The van der Waals surface area contributed by atoms with Gasteiger partial charge in [0.15, 0.2) is 0 Å². The fourth-order valence-electron chi connectivity index (χ4n) is 2.40. The van der Waals surface area contributed by atoms with Crippen LogP contribution in [-0.4, -0.2) is 50.1 Å². The molecule has 1 aliphatic rings. The number of rotatable bonds is 6. The highest BCUT2D eigenvalue weighted by Gasteiger charge is 2.29. The zero-order chi connectivity index (χ0) is 15.5. The topological polar surface area (TPSA) is 69.6 Å². The molecule has 1 saturated heterocycles. The number of aliphatic hydroxyl groups excluding tert-OH is 1. The maximum Gasteiger partial charge on any atom is 0.244 e. The second kappa shape index (κ2) is 7.15. The van der Waals surface area contributed by atoms with E-state index in [1.807, 2.05) is 0 Å². The summed E-state index contributed by atoms with van der Waals surface area (Å²) in [6.07, 6.45) is 1.92. The van der Waals surface area contributed by atoms with Crippen LogP contribution in [0.4, 0.5) is 4.39 Å². The Morgan fingerprint density at radius 2 is 2.24 bits per heavy atom. The lowest BCUT2D eigenvalue weighted by molar-refractivity contribution is 0.246. The smallest absolute Gasteiger partial charge is 0.244 e. The lowest BCUT2D eigenvalue weighted by Crippen LogP contribution is -2.42. The molecule has 118 valence electrons. The number of nitrogens with zero attached hydrogens (tertiary/aromatic N) is 1. The Morgan fingerprint density at radius 1 is 1.48 bits per heavy atom. The van der Waals surface area contributed by atoms with E-state index in [0.29, 0.717) is 6.54 Å². The third kappa shape index (κ3) is 4.01. The minimum atomic E-state index is -3.78. The summed E-state index contributed by atoms with van der Waals surface area (Å²) in [5.41, 5.74) is 0. The van der Waals surface area contributed by atoms with Crippen molar-refractivity contribution in [2.75, 3.05) is 26.2 Å². The predicted octanol–water partition coefficient (Wildman–Crippen LogP) is 1.32. The van der Waals surface area contributed by atoms with Gasteiger partial charge in [0.1, 0.15) is 5.82 Å². The molecule has 0 aliphatic carbocycles. The van der Waals surface area contributed by atoms with Crippen LogP contribution in [0, 0.1) is 5.82 Å². The van der Waals surface area contributed by atoms with E-state index in [2.05, 4.69) is 21.2 Å². The van der Waals surface area contributed by atoms with Crippen molar-refractivity contribution < 1.29 is 17.9 Å². The van der Waals surface area contributed by atoms with E-state index in [-0.39, 0.29) is 28.6 Å². The first-order valence-corrected chi connectivity index (χ1v) is 8.98. The van der Waals surface area contributed by atoms with Crippen molar-refractivity contribution >= 4 is 26.0 Å². The molecule has 0 aromatic heterocycles. The van der Waals surface area contributed by atoms with Crippen LogP contribution >= 0.6 is 15.9 Å². The molecule has 1 unspecified atom stereocenters. The molecule has 1 fully saturated rings. The molecule has 0 radical (unpaired) electrons. The van der Waals surface area contributed by atoms with Crippen molar-refractivity contribution in [1.29, 1.82) is 0 Å². The summed E-state index contributed by atoms with van der Waals surface area (Å²) in [6, 6.07) is 3.56. The highest BCUT2D eigenvalue weighted by atomic mass is 79.9. The Kier molecular flexibility index (Phi) is 5.73. The normalized spacial score (nSPS) is 19.3. The van der Waals surface area contributed by atoms with Gasteiger partial charge in [-0.1, -0.05) is 0 Å². The third-order valence-electron chi connectivity index (χ3n) is 3.45. The van der Waals surface area contributed by atoms with Gasteiger partial charge >= 0.3 is 0 Å². The second-order valence-electron chi connectivity index (χ2n) is 4.95. The summed E-state index contributed by atoms with van der Waals surface area (Å²) in [6.45, 7) is 0.930. The molecular formula is C13H18BrFN2O3S. The Bertz CT molecular complexity index is 591. The van der Waals surface area contributed by atoms with Crippen LogP contribution < -0.4 is 5.32 Å². The summed E-state index contributed by atoms with van der Waals surface area (Å²) < 4.78 is 39.9.